The van der Waals surface area contributed by atoms with E-state index >= 15 is 0 Å². The van der Waals surface area contributed by atoms with Crippen LogP contribution in [0.3, 0.4) is 0 Å². The Morgan fingerprint density at radius 3 is 1.65 bits per heavy atom. The van der Waals surface area contributed by atoms with Crippen LogP contribution >= 0.6 is 0 Å². The highest BCUT2D eigenvalue weighted by molar-refractivity contribution is 4.92. The Labute approximate surface area is 146 Å². The van der Waals surface area contributed by atoms with Crippen LogP contribution in [0.1, 0.15) is 122 Å². The SMILES string of the molecule is CCCCCCCCC=CCCCCCCCCC1(N)CCC1. The van der Waals surface area contributed by atoms with Gasteiger partial charge >= 0.3 is 0 Å². The van der Waals surface area contributed by atoms with E-state index in [0.29, 0.717) is 0 Å². The molecule has 1 rings (SSSR count). The van der Waals surface area contributed by atoms with E-state index in [0.717, 1.165) is 0 Å². The van der Waals surface area contributed by atoms with Crippen LogP contribution in [0.15, 0.2) is 12.2 Å². The van der Waals surface area contributed by atoms with Gasteiger partial charge in [0.05, 0.1) is 0 Å². The monoisotopic (exact) mass is 321 g/mol. The molecule has 2 N–H and O–H groups in total. The van der Waals surface area contributed by atoms with E-state index < -0.39 is 0 Å². The quantitative estimate of drug-likeness (QED) is 0.234. The molecule has 0 unspecified atom stereocenters. The lowest BCUT2D eigenvalue weighted by atomic mass is 9.74. The van der Waals surface area contributed by atoms with Crippen LogP contribution in [0.25, 0.3) is 0 Å². The summed E-state index contributed by atoms with van der Waals surface area (Å²) in [6.07, 6.45) is 29.5. The van der Waals surface area contributed by atoms with Crippen LogP contribution in [0.5, 0.6) is 0 Å². The molecule has 1 nitrogen and oxygen atoms in total. The molecule has 1 fully saturated rings. The highest BCUT2D eigenvalue weighted by atomic mass is 14.8. The van der Waals surface area contributed by atoms with Crippen molar-refractivity contribution in [1.82, 2.24) is 0 Å². The number of hydrogen-bond acceptors (Lipinski definition) is 1. The Hall–Kier alpha value is -0.300. The Morgan fingerprint density at radius 1 is 0.696 bits per heavy atom. The average Bonchev–Trinajstić information content (AvgIpc) is 2.53. The van der Waals surface area contributed by atoms with Gasteiger partial charge in [-0.05, 0) is 51.4 Å². The van der Waals surface area contributed by atoms with Crippen LogP contribution in [0.4, 0.5) is 0 Å². The summed E-state index contributed by atoms with van der Waals surface area (Å²) < 4.78 is 0. The van der Waals surface area contributed by atoms with Crippen LogP contribution in [0, 0.1) is 0 Å². The van der Waals surface area contributed by atoms with E-state index in [1.807, 2.05) is 0 Å². The molecular formula is C22H43N. The fraction of sp³-hybridized carbons (Fsp3) is 0.909. The summed E-state index contributed by atoms with van der Waals surface area (Å²) in [5.41, 5.74) is 6.51. The smallest absolute Gasteiger partial charge is 0.0154 e. The molecule has 0 amide bonds. The van der Waals surface area contributed by atoms with Crippen molar-refractivity contribution in [2.24, 2.45) is 5.73 Å². The van der Waals surface area contributed by atoms with E-state index in [4.69, 9.17) is 5.73 Å². The number of hydrogen-bond donors (Lipinski definition) is 1. The van der Waals surface area contributed by atoms with Crippen LogP contribution < -0.4 is 5.73 Å². The summed E-state index contributed by atoms with van der Waals surface area (Å²) in [5.74, 6) is 0. The molecule has 0 aromatic rings. The van der Waals surface area contributed by atoms with Gasteiger partial charge in [0.1, 0.15) is 0 Å². The first-order valence-corrected chi connectivity index (χ1v) is 10.7. The van der Waals surface area contributed by atoms with Crippen molar-refractivity contribution >= 4 is 0 Å². The minimum Gasteiger partial charge on any atom is -0.325 e. The van der Waals surface area contributed by atoms with Gasteiger partial charge in [0.15, 0.2) is 0 Å². The Kier molecular flexibility index (Phi) is 12.7. The summed E-state index contributed by atoms with van der Waals surface area (Å²) in [6.45, 7) is 2.28. The number of rotatable bonds is 16. The van der Waals surface area contributed by atoms with Crippen molar-refractivity contribution in [2.75, 3.05) is 0 Å². The lowest BCUT2D eigenvalue weighted by Gasteiger charge is -2.38. The third-order valence-electron chi connectivity index (χ3n) is 5.54. The van der Waals surface area contributed by atoms with Gasteiger partial charge in [0, 0.05) is 5.54 Å². The lowest BCUT2D eigenvalue weighted by molar-refractivity contribution is 0.224. The molecule has 0 heterocycles. The van der Waals surface area contributed by atoms with Crippen molar-refractivity contribution in [3.63, 3.8) is 0 Å². The fourth-order valence-electron chi connectivity index (χ4n) is 3.61. The van der Waals surface area contributed by atoms with E-state index in [1.54, 1.807) is 0 Å². The maximum absolute atomic E-state index is 6.26. The molecule has 23 heavy (non-hydrogen) atoms. The maximum Gasteiger partial charge on any atom is 0.0154 e. The molecule has 0 saturated heterocycles. The van der Waals surface area contributed by atoms with E-state index in [1.165, 1.54) is 116 Å². The molecule has 1 aliphatic rings. The van der Waals surface area contributed by atoms with Gasteiger partial charge in [-0.3, -0.25) is 0 Å². The molecule has 0 radical (unpaired) electrons. The van der Waals surface area contributed by atoms with Gasteiger partial charge in [-0.1, -0.05) is 83.3 Å². The largest absolute Gasteiger partial charge is 0.325 e. The van der Waals surface area contributed by atoms with Gasteiger partial charge < -0.3 is 5.73 Å². The van der Waals surface area contributed by atoms with Crippen LogP contribution in [-0.4, -0.2) is 5.54 Å². The zero-order valence-corrected chi connectivity index (χ0v) is 16.0. The van der Waals surface area contributed by atoms with Crippen molar-refractivity contribution in [3.05, 3.63) is 12.2 Å². The highest BCUT2D eigenvalue weighted by Crippen LogP contribution is 2.33. The van der Waals surface area contributed by atoms with Crippen molar-refractivity contribution in [2.45, 2.75) is 128 Å². The summed E-state index contributed by atoms with van der Waals surface area (Å²) in [7, 11) is 0. The Morgan fingerprint density at radius 2 is 1.17 bits per heavy atom. The Bertz CT molecular complexity index is 278. The highest BCUT2D eigenvalue weighted by Gasteiger charge is 2.31. The second kappa shape index (κ2) is 14.1. The maximum atomic E-state index is 6.26. The summed E-state index contributed by atoms with van der Waals surface area (Å²) in [4.78, 5) is 0. The lowest BCUT2D eigenvalue weighted by Crippen LogP contribution is -2.46. The molecular weight excluding hydrogens is 278 g/mol. The minimum atomic E-state index is 0.251. The van der Waals surface area contributed by atoms with E-state index in [2.05, 4.69) is 19.1 Å². The first-order chi connectivity index (χ1) is 11.3. The molecule has 0 aromatic heterocycles. The van der Waals surface area contributed by atoms with Gasteiger partial charge in [-0.25, -0.2) is 0 Å². The number of unbranched alkanes of at least 4 members (excludes halogenated alkanes) is 12. The molecule has 136 valence electrons. The normalized spacial score (nSPS) is 16.8. The fourth-order valence-corrected chi connectivity index (χ4v) is 3.61. The summed E-state index contributed by atoms with van der Waals surface area (Å²) in [6, 6.07) is 0. The van der Waals surface area contributed by atoms with E-state index in [-0.39, 0.29) is 5.54 Å². The second-order valence-electron chi connectivity index (χ2n) is 7.90. The first kappa shape index (κ1) is 20.7. The predicted octanol–water partition coefficient (Wildman–Crippen LogP) is 7.30. The van der Waals surface area contributed by atoms with Gasteiger partial charge in [0.2, 0.25) is 0 Å². The third kappa shape index (κ3) is 11.8. The minimum absolute atomic E-state index is 0.251. The van der Waals surface area contributed by atoms with Crippen molar-refractivity contribution in [1.29, 1.82) is 0 Å². The van der Waals surface area contributed by atoms with Gasteiger partial charge in [-0.15, -0.1) is 0 Å². The topological polar surface area (TPSA) is 26.0 Å². The second-order valence-corrected chi connectivity index (χ2v) is 7.90. The third-order valence-corrected chi connectivity index (χ3v) is 5.54. The van der Waals surface area contributed by atoms with Crippen LogP contribution in [0.2, 0.25) is 0 Å². The molecule has 0 atom stereocenters. The molecule has 0 bridgehead atoms. The molecule has 0 spiro atoms. The van der Waals surface area contributed by atoms with Crippen molar-refractivity contribution in [3.8, 4) is 0 Å². The van der Waals surface area contributed by atoms with Gasteiger partial charge in [-0.2, -0.15) is 0 Å². The average molecular weight is 322 g/mol. The molecule has 0 aromatic carbocycles. The van der Waals surface area contributed by atoms with Crippen LogP contribution in [-0.2, 0) is 0 Å². The summed E-state index contributed by atoms with van der Waals surface area (Å²) in [5, 5.41) is 0. The molecule has 1 aliphatic carbocycles. The van der Waals surface area contributed by atoms with Crippen molar-refractivity contribution < 1.29 is 0 Å². The van der Waals surface area contributed by atoms with E-state index in [9.17, 15) is 0 Å². The van der Waals surface area contributed by atoms with Gasteiger partial charge in [0.25, 0.3) is 0 Å². The molecule has 0 aliphatic heterocycles. The predicted molar refractivity (Wildman–Crippen MR) is 105 cm³/mol. The standard InChI is InChI=1S/C22H43N/c1-2-3-4-5-6-7-8-9-10-11-12-13-14-15-16-17-19-22(23)20-18-21-22/h9-10H,2-8,11-21,23H2,1H3. The number of allylic oxidation sites excluding steroid dienone is 2. The number of nitrogens with two attached hydrogens (primary N) is 1. The zero-order valence-electron chi connectivity index (χ0n) is 16.0. The Balaban J connectivity index is 1.71. The molecule has 1 heteroatoms. The zero-order chi connectivity index (χ0) is 16.6. The summed E-state index contributed by atoms with van der Waals surface area (Å²) >= 11 is 0. The molecule has 1 saturated carbocycles. The first-order valence-electron chi connectivity index (χ1n) is 10.7.